The molecule has 6 heteroatoms. The van der Waals surface area contributed by atoms with E-state index in [1.807, 2.05) is 48.8 Å². The fourth-order valence-corrected chi connectivity index (χ4v) is 5.01. The Labute approximate surface area is 172 Å². The van der Waals surface area contributed by atoms with Crippen molar-refractivity contribution in [2.24, 2.45) is 0 Å². The first kappa shape index (κ1) is 17.2. The van der Waals surface area contributed by atoms with E-state index in [-0.39, 0.29) is 24.3 Å². The number of hydrogen-bond donors (Lipinski definition) is 5. The quantitative estimate of drug-likeness (QED) is 0.305. The molecule has 6 nitrogen and oxygen atoms in total. The van der Waals surface area contributed by atoms with Crippen molar-refractivity contribution in [2.75, 3.05) is 6.61 Å². The molecule has 0 aliphatic carbocycles. The Hall–Kier alpha value is -3.64. The summed E-state index contributed by atoms with van der Waals surface area (Å²) in [6, 6.07) is 14.0. The maximum absolute atomic E-state index is 10.8. The highest BCUT2D eigenvalue weighted by molar-refractivity contribution is 6.08. The number of aliphatic hydroxyl groups excluding tert-OH is 1. The van der Waals surface area contributed by atoms with Gasteiger partial charge in [-0.1, -0.05) is 36.4 Å². The topological polar surface area (TPSA) is 97.2 Å². The average molecular weight is 399 g/mol. The highest BCUT2D eigenvalue weighted by atomic mass is 16.3. The standard InChI is InChI=1S/C24H21N3O3/c28-12-13-8-9-27-11-18(16-6-3-5-14(13)22(16)27)21-20(23(29)26-24(21)30)17-10-25-19-7-2-1-4-15(17)19/h1-7,10-11,13,25-26,28-30H,8-9,12H2. The zero-order valence-corrected chi connectivity index (χ0v) is 16.2. The van der Waals surface area contributed by atoms with Gasteiger partial charge in [-0.2, -0.15) is 0 Å². The van der Waals surface area contributed by atoms with Crippen LogP contribution in [0.4, 0.5) is 0 Å². The molecule has 1 atom stereocenters. The van der Waals surface area contributed by atoms with Gasteiger partial charge in [-0.05, 0) is 18.1 Å². The molecule has 1 aliphatic heterocycles. The smallest absolute Gasteiger partial charge is 0.200 e. The molecular formula is C24H21N3O3. The Morgan fingerprint density at radius 1 is 0.933 bits per heavy atom. The lowest BCUT2D eigenvalue weighted by Gasteiger charge is -2.23. The third kappa shape index (κ3) is 2.22. The van der Waals surface area contributed by atoms with E-state index in [2.05, 4.69) is 20.6 Å². The van der Waals surface area contributed by atoms with Crippen molar-refractivity contribution in [2.45, 2.75) is 18.9 Å². The van der Waals surface area contributed by atoms with Gasteiger partial charge in [0.15, 0.2) is 11.8 Å². The Morgan fingerprint density at radius 3 is 2.53 bits per heavy atom. The van der Waals surface area contributed by atoms with Gasteiger partial charge in [0, 0.05) is 52.3 Å². The van der Waals surface area contributed by atoms with Crippen LogP contribution in [0.15, 0.2) is 54.9 Å². The number of rotatable bonds is 3. The van der Waals surface area contributed by atoms with Crippen molar-refractivity contribution in [1.29, 1.82) is 0 Å². The summed E-state index contributed by atoms with van der Waals surface area (Å²) in [7, 11) is 0. The predicted octanol–water partition coefficient (Wildman–Crippen LogP) is 4.68. The van der Waals surface area contributed by atoms with Crippen molar-refractivity contribution in [3.05, 3.63) is 60.4 Å². The van der Waals surface area contributed by atoms with Gasteiger partial charge in [0.25, 0.3) is 0 Å². The fourth-order valence-electron chi connectivity index (χ4n) is 5.01. The van der Waals surface area contributed by atoms with Crippen LogP contribution in [-0.2, 0) is 6.54 Å². The number of nitrogens with one attached hydrogen (secondary N) is 2. The van der Waals surface area contributed by atoms with Gasteiger partial charge in [-0.3, -0.25) is 4.98 Å². The third-order valence-corrected chi connectivity index (χ3v) is 6.40. The van der Waals surface area contributed by atoms with Gasteiger partial charge in [-0.15, -0.1) is 0 Å². The van der Waals surface area contributed by atoms with E-state index in [4.69, 9.17) is 0 Å². The van der Waals surface area contributed by atoms with Gasteiger partial charge in [0.2, 0.25) is 0 Å². The van der Waals surface area contributed by atoms with Crippen molar-refractivity contribution < 1.29 is 15.3 Å². The van der Waals surface area contributed by atoms with Crippen LogP contribution in [-0.4, -0.2) is 36.5 Å². The summed E-state index contributed by atoms with van der Waals surface area (Å²) in [5.74, 6) is -0.00661. The molecule has 0 bridgehead atoms. The molecule has 0 fully saturated rings. The van der Waals surface area contributed by atoms with E-state index in [0.717, 1.165) is 51.5 Å². The molecule has 0 spiro atoms. The lowest BCUT2D eigenvalue weighted by atomic mass is 9.91. The zero-order valence-electron chi connectivity index (χ0n) is 16.2. The van der Waals surface area contributed by atoms with Crippen LogP contribution in [0.25, 0.3) is 44.1 Å². The van der Waals surface area contributed by atoms with Gasteiger partial charge in [0.1, 0.15) is 0 Å². The molecule has 0 radical (unpaired) electrons. The van der Waals surface area contributed by atoms with E-state index in [9.17, 15) is 15.3 Å². The number of para-hydroxylation sites is 2. The molecular weight excluding hydrogens is 378 g/mol. The number of hydrogen-bond acceptors (Lipinski definition) is 3. The number of nitrogens with zero attached hydrogens (tertiary/aromatic N) is 1. The molecule has 1 aliphatic rings. The lowest BCUT2D eigenvalue weighted by Crippen LogP contribution is -2.15. The van der Waals surface area contributed by atoms with Crippen molar-refractivity contribution >= 4 is 21.8 Å². The van der Waals surface area contributed by atoms with Crippen molar-refractivity contribution in [3.63, 3.8) is 0 Å². The minimum atomic E-state index is -0.0626. The molecule has 0 saturated carbocycles. The second kappa shape index (κ2) is 6.18. The number of aromatic amines is 2. The molecule has 5 N–H and O–H groups in total. The van der Waals surface area contributed by atoms with Crippen LogP contribution in [0.2, 0.25) is 0 Å². The van der Waals surface area contributed by atoms with E-state index in [1.54, 1.807) is 0 Å². The summed E-state index contributed by atoms with van der Waals surface area (Å²) in [6.07, 6.45) is 4.78. The number of fused-ring (bicyclic) bond motifs is 1. The summed E-state index contributed by atoms with van der Waals surface area (Å²) in [5.41, 5.74) is 6.03. The summed E-state index contributed by atoms with van der Waals surface area (Å²) < 4.78 is 2.19. The Balaban J connectivity index is 1.66. The highest BCUT2D eigenvalue weighted by Gasteiger charge is 2.28. The molecule has 4 heterocycles. The Bertz CT molecular complexity index is 1420. The van der Waals surface area contributed by atoms with Crippen LogP contribution in [0, 0.1) is 0 Å². The highest BCUT2D eigenvalue weighted by Crippen LogP contribution is 2.49. The SMILES string of the molecule is OCC1CCn2cc(-c3c(O)[nH]c(O)c3-c3c[nH]c4ccccc34)c3cccc1c32. The Kier molecular flexibility index (Phi) is 3.55. The third-order valence-electron chi connectivity index (χ3n) is 6.40. The average Bonchev–Trinajstić information content (AvgIpc) is 3.42. The molecule has 1 unspecified atom stereocenters. The molecule has 3 aromatic heterocycles. The van der Waals surface area contributed by atoms with Crippen LogP contribution in [0.1, 0.15) is 17.9 Å². The van der Waals surface area contributed by atoms with E-state index < -0.39 is 0 Å². The molecule has 2 aromatic carbocycles. The maximum atomic E-state index is 10.8. The van der Waals surface area contributed by atoms with Crippen LogP contribution >= 0.6 is 0 Å². The molecule has 6 rings (SSSR count). The first-order valence-electron chi connectivity index (χ1n) is 10.1. The van der Waals surface area contributed by atoms with Gasteiger partial charge in [0.05, 0.1) is 23.3 Å². The van der Waals surface area contributed by atoms with Crippen LogP contribution in [0.3, 0.4) is 0 Å². The number of aromatic nitrogens is 3. The molecule has 0 amide bonds. The monoisotopic (exact) mass is 399 g/mol. The first-order valence-corrected chi connectivity index (χ1v) is 10.1. The first-order chi connectivity index (χ1) is 14.7. The van der Waals surface area contributed by atoms with Crippen molar-refractivity contribution in [3.8, 4) is 34.0 Å². The second-order valence-corrected chi connectivity index (χ2v) is 7.97. The zero-order chi connectivity index (χ0) is 20.4. The normalized spacial score (nSPS) is 16.0. The van der Waals surface area contributed by atoms with E-state index >= 15 is 0 Å². The molecule has 150 valence electrons. The van der Waals surface area contributed by atoms with Crippen LogP contribution in [0.5, 0.6) is 11.8 Å². The number of benzene rings is 2. The lowest BCUT2D eigenvalue weighted by molar-refractivity contribution is 0.253. The largest absolute Gasteiger partial charge is 0.494 e. The van der Waals surface area contributed by atoms with Gasteiger partial charge >= 0.3 is 0 Å². The minimum Gasteiger partial charge on any atom is -0.494 e. The number of H-pyrrole nitrogens is 2. The summed E-state index contributed by atoms with van der Waals surface area (Å²) in [6.45, 7) is 0.925. The summed E-state index contributed by atoms with van der Waals surface area (Å²) in [4.78, 5) is 5.97. The second-order valence-electron chi connectivity index (χ2n) is 7.97. The number of aliphatic hydroxyl groups is 1. The fraction of sp³-hybridized carbons (Fsp3) is 0.167. The molecule has 5 aromatic rings. The van der Waals surface area contributed by atoms with Gasteiger partial charge < -0.3 is 24.9 Å². The summed E-state index contributed by atoms with van der Waals surface area (Å²) >= 11 is 0. The maximum Gasteiger partial charge on any atom is 0.200 e. The molecule has 0 saturated heterocycles. The van der Waals surface area contributed by atoms with E-state index in [1.165, 1.54) is 0 Å². The molecule has 30 heavy (non-hydrogen) atoms. The van der Waals surface area contributed by atoms with E-state index in [0.29, 0.717) is 11.1 Å². The number of aromatic hydroxyl groups is 2. The van der Waals surface area contributed by atoms with Crippen LogP contribution < -0.4 is 0 Å². The van der Waals surface area contributed by atoms with Crippen molar-refractivity contribution in [1.82, 2.24) is 14.5 Å². The summed E-state index contributed by atoms with van der Waals surface area (Å²) in [5, 5.41) is 33.3. The predicted molar refractivity (Wildman–Crippen MR) is 117 cm³/mol. The number of aryl methyl sites for hydroxylation is 1. The Morgan fingerprint density at radius 2 is 1.70 bits per heavy atom. The van der Waals surface area contributed by atoms with Gasteiger partial charge in [-0.25, -0.2) is 0 Å². The minimum absolute atomic E-state index is 0.0600.